The van der Waals surface area contributed by atoms with E-state index < -0.39 is 17.9 Å². The van der Waals surface area contributed by atoms with Gasteiger partial charge in [-0.15, -0.1) is 0 Å². The van der Waals surface area contributed by atoms with Crippen molar-refractivity contribution in [1.29, 1.82) is 0 Å². The SMILES string of the molecule is CC(C)Cc1ccc(C(C)C(=O)ONOC(=O)c2ccccc2O)cc1. The summed E-state index contributed by atoms with van der Waals surface area (Å²) in [5, 5.41) is 9.57. The Labute approximate surface area is 152 Å². The first-order chi connectivity index (χ1) is 12.4. The molecule has 0 aliphatic rings. The molecule has 2 N–H and O–H groups in total. The van der Waals surface area contributed by atoms with Gasteiger partial charge in [0.15, 0.2) is 0 Å². The van der Waals surface area contributed by atoms with Crippen LogP contribution in [0.5, 0.6) is 5.75 Å². The molecule has 0 aliphatic carbocycles. The van der Waals surface area contributed by atoms with Gasteiger partial charge < -0.3 is 14.8 Å². The average molecular weight is 357 g/mol. The molecule has 2 aromatic rings. The van der Waals surface area contributed by atoms with Gasteiger partial charge in [0.05, 0.1) is 5.92 Å². The lowest BCUT2D eigenvalue weighted by Crippen LogP contribution is -2.26. The molecule has 6 heteroatoms. The van der Waals surface area contributed by atoms with Gasteiger partial charge in [-0.3, -0.25) is 0 Å². The second kappa shape index (κ2) is 9.01. The van der Waals surface area contributed by atoms with E-state index in [9.17, 15) is 14.7 Å². The summed E-state index contributed by atoms with van der Waals surface area (Å²) in [6.45, 7) is 6.00. The molecule has 1 atom stereocenters. The Morgan fingerprint density at radius 3 is 2.27 bits per heavy atom. The highest BCUT2D eigenvalue weighted by Gasteiger charge is 2.19. The zero-order valence-corrected chi connectivity index (χ0v) is 15.1. The van der Waals surface area contributed by atoms with Crippen molar-refractivity contribution in [3.63, 3.8) is 0 Å². The van der Waals surface area contributed by atoms with Crippen LogP contribution in [0.4, 0.5) is 0 Å². The number of rotatable bonds is 7. The predicted octanol–water partition coefficient (Wildman–Crippen LogP) is 3.51. The molecule has 0 amide bonds. The lowest BCUT2D eigenvalue weighted by Gasteiger charge is -2.13. The first-order valence-electron chi connectivity index (χ1n) is 8.42. The van der Waals surface area contributed by atoms with E-state index in [1.807, 2.05) is 29.9 Å². The van der Waals surface area contributed by atoms with Crippen molar-refractivity contribution in [3.8, 4) is 5.75 Å². The van der Waals surface area contributed by atoms with Crippen molar-refractivity contribution in [2.45, 2.75) is 33.1 Å². The number of hydrogen-bond donors (Lipinski definition) is 2. The van der Waals surface area contributed by atoms with Gasteiger partial charge in [-0.1, -0.05) is 50.2 Å². The summed E-state index contributed by atoms with van der Waals surface area (Å²) in [4.78, 5) is 33.2. The van der Waals surface area contributed by atoms with Crippen LogP contribution >= 0.6 is 0 Å². The molecule has 1 unspecified atom stereocenters. The van der Waals surface area contributed by atoms with Crippen LogP contribution < -0.4 is 5.64 Å². The van der Waals surface area contributed by atoms with E-state index in [2.05, 4.69) is 18.7 Å². The number of carbonyl (C=O) groups is 2. The van der Waals surface area contributed by atoms with Gasteiger partial charge in [0.1, 0.15) is 11.3 Å². The van der Waals surface area contributed by atoms with Crippen molar-refractivity contribution >= 4 is 11.9 Å². The molecule has 0 bridgehead atoms. The zero-order valence-electron chi connectivity index (χ0n) is 15.1. The summed E-state index contributed by atoms with van der Waals surface area (Å²) in [6, 6.07) is 13.7. The van der Waals surface area contributed by atoms with E-state index in [4.69, 9.17) is 4.84 Å². The minimum Gasteiger partial charge on any atom is -0.507 e. The van der Waals surface area contributed by atoms with Gasteiger partial charge >= 0.3 is 11.9 Å². The van der Waals surface area contributed by atoms with Crippen LogP contribution in [-0.4, -0.2) is 17.0 Å². The van der Waals surface area contributed by atoms with E-state index in [0.717, 1.165) is 12.0 Å². The fourth-order valence-corrected chi connectivity index (χ4v) is 2.44. The fourth-order valence-electron chi connectivity index (χ4n) is 2.44. The van der Waals surface area contributed by atoms with E-state index in [1.54, 1.807) is 19.1 Å². The second-order valence-corrected chi connectivity index (χ2v) is 6.47. The molecular weight excluding hydrogens is 334 g/mol. The van der Waals surface area contributed by atoms with Crippen LogP contribution in [-0.2, 0) is 20.9 Å². The van der Waals surface area contributed by atoms with E-state index in [0.29, 0.717) is 5.92 Å². The molecule has 2 rings (SSSR count). The molecule has 6 nitrogen and oxygen atoms in total. The Hall–Kier alpha value is -2.86. The van der Waals surface area contributed by atoms with Crippen LogP contribution in [0.3, 0.4) is 0 Å². The number of phenolic OH excluding ortho intramolecular Hbond substituents is 1. The summed E-state index contributed by atoms with van der Waals surface area (Å²) in [5.74, 6) is -1.64. The third-order valence-electron chi connectivity index (χ3n) is 3.88. The summed E-state index contributed by atoms with van der Waals surface area (Å²) in [5.41, 5.74) is 3.86. The number of nitrogens with one attached hydrogen (secondary N) is 1. The zero-order chi connectivity index (χ0) is 19.1. The maximum Gasteiger partial charge on any atom is 0.363 e. The molecule has 26 heavy (non-hydrogen) atoms. The smallest absolute Gasteiger partial charge is 0.363 e. The molecule has 138 valence electrons. The Bertz CT molecular complexity index is 755. The van der Waals surface area contributed by atoms with Gasteiger partial charge in [0, 0.05) is 5.64 Å². The van der Waals surface area contributed by atoms with E-state index >= 15 is 0 Å². The number of carbonyl (C=O) groups excluding carboxylic acids is 2. The largest absolute Gasteiger partial charge is 0.507 e. The summed E-state index contributed by atoms with van der Waals surface area (Å²) in [7, 11) is 0. The molecular formula is C20H23NO5. The number of para-hydroxylation sites is 1. The van der Waals surface area contributed by atoms with Gasteiger partial charge in [0.2, 0.25) is 0 Å². The van der Waals surface area contributed by atoms with Crippen LogP contribution in [0.1, 0.15) is 48.2 Å². The highest BCUT2D eigenvalue weighted by molar-refractivity contribution is 5.92. The lowest BCUT2D eigenvalue weighted by atomic mass is 9.97. The molecule has 0 spiro atoms. The number of aromatic hydroxyl groups is 1. The highest BCUT2D eigenvalue weighted by Crippen LogP contribution is 2.19. The van der Waals surface area contributed by atoms with Crippen LogP contribution in [0, 0.1) is 5.92 Å². The maximum atomic E-state index is 12.1. The van der Waals surface area contributed by atoms with Gasteiger partial charge in [-0.05, 0) is 42.5 Å². The third-order valence-corrected chi connectivity index (χ3v) is 3.88. The molecule has 2 aromatic carbocycles. The second-order valence-electron chi connectivity index (χ2n) is 6.47. The first kappa shape index (κ1) is 19.5. The van der Waals surface area contributed by atoms with Crippen LogP contribution in [0.25, 0.3) is 0 Å². The van der Waals surface area contributed by atoms with Crippen molar-refractivity contribution in [1.82, 2.24) is 5.64 Å². The molecule has 0 fully saturated rings. The monoisotopic (exact) mass is 357 g/mol. The third kappa shape index (κ3) is 5.32. The summed E-state index contributed by atoms with van der Waals surface area (Å²) < 4.78 is 0. The number of phenols is 1. The van der Waals surface area contributed by atoms with Crippen molar-refractivity contribution < 1.29 is 24.4 Å². The van der Waals surface area contributed by atoms with Crippen LogP contribution in [0.15, 0.2) is 48.5 Å². The van der Waals surface area contributed by atoms with E-state index in [1.165, 1.54) is 17.7 Å². The first-order valence-corrected chi connectivity index (χ1v) is 8.42. The maximum absolute atomic E-state index is 12.1. The summed E-state index contributed by atoms with van der Waals surface area (Å²) >= 11 is 0. The Morgan fingerprint density at radius 2 is 1.65 bits per heavy atom. The summed E-state index contributed by atoms with van der Waals surface area (Å²) in [6.07, 6.45) is 0.975. The van der Waals surface area contributed by atoms with Gasteiger partial charge in [0.25, 0.3) is 0 Å². The molecule has 0 radical (unpaired) electrons. The fraction of sp³-hybridized carbons (Fsp3) is 0.300. The van der Waals surface area contributed by atoms with Gasteiger partial charge in [-0.2, -0.15) is 0 Å². The minimum atomic E-state index is -0.860. The lowest BCUT2D eigenvalue weighted by molar-refractivity contribution is -0.179. The molecule has 0 aliphatic heterocycles. The van der Waals surface area contributed by atoms with Crippen molar-refractivity contribution in [2.24, 2.45) is 5.92 Å². The normalized spacial score (nSPS) is 11.8. The molecule has 0 saturated heterocycles. The molecule has 0 heterocycles. The van der Waals surface area contributed by atoms with E-state index in [-0.39, 0.29) is 11.3 Å². The topological polar surface area (TPSA) is 84.9 Å². The molecule has 0 aromatic heterocycles. The average Bonchev–Trinajstić information content (AvgIpc) is 2.61. The van der Waals surface area contributed by atoms with Crippen molar-refractivity contribution in [3.05, 3.63) is 65.2 Å². The Kier molecular flexibility index (Phi) is 6.74. The standard InChI is InChI=1S/C20H23NO5/c1-13(2)12-15-8-10-16(11-9-15)14(3)19(23)25-21-26-20(24)17-6-4-5-7-18(17)22/h4-11,13-14,21-22H,12H2,1-3H3. The van der Waals surface area contributed by atoms with Gasteiger partial charge in [-0.25, -0.2) is 9.59 Å². The predicted molar refractivity (Wildman–Crippen MR) is 96.1 cm³/mol. The molecule has 0 saturated carbocycles. The Morgan fingerprint density at radius 1 is 1.00 bits per heavy atom. The minimum absolute atomic E-state index is 0.0372. The number of hydrogen-bond acceptors (Lipinski definition) is 6. The highest BCUT2D eigenvalue weighted by atomic mass is 16.9. The van der Waals surface area contributed by atoms with Crippen LogP contribution in [0.2, 0.25) is 0 Å². The quantitative estimate of drug-likeness (QED) is 0.738. The number of benzene rings is 2. The van der Waals surface area contributed by atoms with Crippen molar-refractivity contribution in [2.75, 3.05) is 0 Å². The Balaban J connectivity index is 1.85.